The standard InChI is InChI=1S/C15H16N4O/c16-12-5-3-11(4-6-12)15(7-8-15)19-14(20)18-13-2-1-9-17-10-13/h1-6,9-10H,7-8,16H2,(H2,18,19,20). The van der Waals surface area contributed by atoms with Crippen LogP contribution in [0.1, 0.15) is 18.4 Å². The Balaban J connectivity index is 1.68. The molecule has 0 radical (unpaired) electrons. The lowest BCUT2D eigenvalue weighted by Gasteiger charge is -2.18. The van der Waals surface area contributed by atoms with Crippen LogP contribution in [-0.2, 0) is 5.54 Å². The lowest BCUT2D eigenvalue weighted by molar-refractivity contribution is 0.247. The topological polar surface area (TPSA) is 80.0 Å². The van der Waals surface area contributed by atoms with Gasteiger partial charge in [-0.3, -0.25) is 4.98 Å². The quantitative estimate of drug-likeness (QED) is 0.748. The van der Waals surface area contributed by atoms with Gasteiger partial charge in [0.15, 0.2) is 0 Å². The molecule has 1 aliphatic rings. The maximum atomic E-state index is 12.0. The third-order valence-corrected chi connectivity index (χ3v) is 3.49. The van der Waals surface area contributed by atoms with Crippen molar-refractivity contribution in [2.45, 2.75) is 18.4 Å². The summed E-state index contributed by atoms with van der Waals surface area (Å²) in [6.45, 7) is 0. The third kappa shape index (κ3) is 2.56. The monoisotopic (exact) mass is 268 g/mol. The molecule has 1 fully saturated rings. The second-order valence-corrected chi connectivity index (χ2v) is 5.02. The van der Waals surface area contributed by atoms with Crippen molar-refractivity contribution in [1.82, 2.24) is 10.3 Å². The van der Waals surface area contributed by atoms with Crippen molar-refractivity contribution >= 4 is 17.4 Å². The van der Waals surface area contributed by atoms with Crippen molar-refractivity contribution in [3.05, 3.63) is 54.4 Å². The van der Waals surface area contributed by atoms with Crippen LogP contribution in [0, 0.1) is 0 Å². The van der Waals surface area contributed by atoms with Crippen molar-refractivity contribution in [3.8, 4) is 0 Å². The zero-order valence-electron chi connectivity index (χ0n) is 11.0. The minimum Gasteiger partial charge on any atom is -0.399 e. The molecule has 0 spiro atoms. The molecule has 0 saturated heterocycles. The molecule has 102 valence electrons. The van der Waals surface area contributed by atoms with Gasteiger partial charge < -0.3 is 16.4 Å². The lowest BCUT2D eigenvalue weighted by Crippen LogP contribution is -2.38. The highest BCUT2D eigenvalue weighted by molar-refractivity contribution is 5.90. The fourth-order valence-corrected chi connectivity index (χ4v) is 2.23. The van der Waals surface area contributed by atoms with Crippen LogP contribution in [0.2, 0.25) is 0 Å². The first-order valence-corrected chi connectivity index (χ1v) is 6.53. The van der Waals surface area contributed by atoms with Gasteiger partial charge in [0, 0.05) is 11.9 Å². The van der Waals surface area contributed by atoms with Gasteiger partial charge in [-0.2, -0.15) is 0 Å². The minimum atomic E-state index is -0.250. The van der Waals surface area contributed by atoms with Crippen LogP contribution < -0.4 is 16.4 Å². The summed E-state index contributed by atoms with van der Waals surface area (Å²) in [5.41, 5.74) is 7.93. The van der Waals surface area contributed by atoms with Gasteiger partial charge in [0.25, 0.3) is 0 Å². The molecular weight excluding hydrogens is 252 g/mol. The minimum absolute atomic E-state index is 0.215. The number of nitrogens with zero attached hydrogens (tertiary/aromatic N) is 1. The van der Waals surface area contributed by atoms with E-state index in [2.05, 4.69) is 15.6 Å². The van der Waals surface area contributed by atoms with Crippen LogP contribution in [0.15, 0.2) is 48.8 Å². The molecular formula is C15H16N4O. The molecule has 0 atom stereocenters. The van der Waals surface area contributed by atoms with Crippen LogP contribution in [-0.4, -0.2) is 11.0 Å². The largest absolute Gasteiger partial charge is 0.399 e. The van der Waals surface area contributed by atoms with Gasteiger partial charge in [-0.15, -0.1) is 0 Å². The smallest absolute Gasteiger partial charge is 0.319 e. The van der Waals surface area contributed by atoms with E-state index in [0.29, 0.717) is 5.69 Å². The number of nitrogen functional groups attached to an aromatic ring is 1. The molecule has 3 rings (SSSR count). The highest BCUT2D eigenvalue weighted by Crippen LogP contribution is 2.45. The van der Waals surface area contributed by atoms with Crippen molar-refractivity contribution in [1.29, 1.82) is 0 Å². The Labute approximate surface area is 117 Å². The Kier molecular flexibility index (Phi) is 3.02. The first-order chi connectivity index (χ1) is 9.68. The van der Waals surface area contributed by atoms with E-state index in [9.17, 15) is 4.79 Å². The maximum Gasteiger partial charge on any atom is 0.319 e. The summed E-state index contributed by atoms with van der Waals surface area (Å²) in [6.07, 6.45) is 5.16. The molecule has 0 bridgehead atoms. The second-order valence-electron chi connectivity index (χ2n) is 5.02. The number of pyridine rings is 1. The number of anilines is 2. The van der Waals surface area contributed by atoms with Gasteiger partial charge in [-0.1, -0.05) is 12.1 Å². The second kappa shape index (κ2) is 4.85. The van der Waals surface area contributed by atoms with Crippen molar-refractivity contribution < 1.29 is 4.79 Å². The number of carbonyl (C=O) groups is 1. The molecule has 1 aliphatic carbocycles. The van der Waals surface area contributed by atoms with E-state index >= 15 is 0 Å². The molecule has 5 heteroatoms. The Morgan fingerprint density at radius 3 is 2.55 bits per heavy atom. The molecule has 4 N–H and O–H groups in total. The summed E-state index contributed by atoms with van der Waals surface area (Å²) < 4.78 is 0. The van der Waals surface area contributed by atoms with E-state index < -0.39 is 0 Å². The summed E-state index contributed by atoms with van der Waals surface area (Å²) in [5, 5.41) is 5.81. The van der Waals surface area contributed by atoms with Crippen LogP contribution in [0.3, 0.4) is 0 Å². The van der Waals surface area contributed by atoms with E-state index in [0.717, 1.165) is 24.1 Å². The van der Waals surface area contributed by atoms with E-state index in [4.69, 9.17) is 5.73 Å². The molecule has 1 aromatic heterocycles. The number of nitrogens with two attached hydrogens (primary N) is 1. The van der Waals surface area contributed by atoms with Crippen LogP contribution >= 0.6 is 0 Å². The number of carbonyl (C=O) groups excluding carboxylic acids is 1. The van der Waals surface area contributed by atoms with E-state index in [1.165, 1.54) is 0 Å². The van der Waals surface area contributed by atoms with Crippen molar-refractivity contribution in [3.63, 3.8) is 0 Å². The number of rotatable bonds is 3. The lowest BCUT2D eigenvalue weighted by atomic mass is 10.0. The average Bonchev–Trinajstić information content (AvgIpc) is 3.21. The SMILES string of the molecule is Nc1ccc(C2(NC(=O)Nc3cccnc3)CC2)cc1. The summed E-state index contributed by atoms with van der Waals surface area (Å²) >= 11 is 0. The average molecular weight is 268 g/mol. The first-order valence-electron chi connectivity index (χ1n) is 6.53. The molecule has 1 saturated carbocycles. The van der Waals surface area contributed by atoms with Gasteiger partial charge in [0.05, 0.1) is 17.4 Å². The van der Waals surface area contributed by atoms with E-state index in [1.54, 1.807) is 24.5 Å². The maximum absolute atomic E-state index is 12.0. The molecule has 5 nitrogen and oxygen atoms in total. The third-order valence-electron chi connectivity index (χ3n) is 3.49. The van der Waals surface area contributed by atoms with Crippen LogP contribution in [0.25, 0.3) is 0 Å². The van der Waals surface area contributed by atoms with Crippen molar-refractivity contribution in [2.24, 2.45) is 0 Å². The number of nitrogens with one attached hydrogen (secondary N) is 2. The molecule has 2 aromatic rings. The molecule has 0 unspecified atom stereocenters. The number of hydrogen-bond donors (Lipinski definition) is 3. The van der Waals surface area contributed by atoms with Gasteiger partial charge >= 0.3 is 6.03 Å². The predicted octanol–water partition coefficient (Wildman–Crippen LogP) is 2.47. The first kappa shape index (κ1) is 12.5. The van der Waals surface area contributed by atoms with Crippen LogP contribution in [0.4, 0.5) is 16.2 Å². The Morgan fingerprint density at radius 1 is 1.20 bits per heavy atom. The number of aromatic nitrogens is 1. The zero-order valence-corrected chi connectivity index (χ0v) is 11.0. The zero-order chi connectivity index (χ0) is 14.0. The van der Waals surface area contributed by atoms with Crippen LogP contribution in [0.5, 0.6) is 0 Å². The summed E-state index contributed by atoms with van der Waals surface area (Å²) in [5.74, 6) is 0. The summed E-state index contributed by atoms with van der Waals surface area (Å²) in [4.78, 5) is 16.0. The number of benzene rings is 1. The van der Waals surface area contributed by atoms with Gasteiger partial charge in [0.1, 0.15) is 0 Å². The molecule has 2 amide bonds. The summed E-state index contributed by atoms with van der Waals surface area (Å²) in [6, 6.07) is 11.0. The number of urea groups is 1. The molecule has 1 aromatic carbocycles. The summed E-state index contributed by atoms with van der Waals surface area (Å²) in [7, 11) is 0. The predicted molar refractivity (Wildman–Crippen MR) is 78.2 cm³/mol. The van der Waals surface area contributed by atoms with Crippen molar-refractivity contribution in [2.75, 3.05) is 11.1 Å². The fourth-order valence-electron chi connectivity index (χ4n) is 2.23. The van der Waals surface area contributed by atoms with Gasteiger partial charge in [-0.05, 0) is 42.7 Å². The van der Waals surface area contributed by atoms with Gasteiger partial charge in [0.2, 0.25) is 0 Å². The Hall–Kier alpha value is -2.56. The normalized spacial score (nSPS) is 15.4. The Morgan fingerprint density at radius 2 is 1.95 bits per heavy atom. The van der Waals surface area contributed by atoms with E-state index in [1.807, 2.05) is 24.3 Å². The fraction of sp³-hybridized carbons (Fsp3) is 0.200. The number of hydrogen-bond acceptors (Lipinski definition) is 3. The van der Waals surface area contributed by atoms with Gasteiger partial charge in [-0.25, -0.2) is 4.79 Å². The molecule has 1 heterocycles. The molecule has 20 heavy (non-hydrogen) atoms. The number of amides is 2. The molecule has 0 aliphatic heterocycles. The highest BCUT2D eigenvalue weighted by atomic mass is 16.2. The van der Waals surface area contributed by atoms with E-state index in [-0.39, 0.29) is 11.6 Å². The Bertz CT molecular complexity index is 606. The highest BCUT2D eigenvalue weighted by Gasteiger charge is 2.45.